The van der Waals surface area contributed by atoms with Crippen LogP contribution in [0.25, 0.3) is 0 Å². The fourth-order valence-electron chi connectivity index (χ4n) is 2.66. The van der Waals surface area contributed by atoms with E-state index in [1.54, 1.807) is 4.90 Å². The molecule has 2 heterocycles. The van der Waals surface area contributed by atoms with Crippen molar-refractivity contribution >= 4 is 17.8 Å². The Balaban J connectivity index is 2.00. The number of hydrogen-bond acceptors (Lipinski definition) is 4. The third kappa shape index (κ3) is 2.56. The summed E-state index contributed by atoms with van der Waals surface area (Å²) in [6, 6.07) is -1.04. The molecule has 2 rings (SSSR count). The fraction of sp³-hybridized carbons (Fsp3) is 0.750. The quantitative estimate of drug-likeness (QED) is 0.581. The summed E-state index contributed by atoms with van der Waals surface area (Å²) in [5.41, 5.74) is 4.91. The van der Waals surface area contributed by atoms with Gasteiger partial charge in [-0.05, 0) is 18.8 Å². The second-order valence-electron chi connectivity index (χ2n) is 5.74. The van der Waals surface area contributed by atoms with Crippen molar-refractivity contribution < 1.29 is 14.4 Å². The highest BCUT2D eigenvalue weighted by Crippen LogP contribution is 2.25. The van der Waals surface area contributed by atoms with Crippen LogP contribution in [0.5, 0.6) is 0 Å². The Morgan fingerprint density at radius 2 is 2.16 bits per heavy atom. The standard InChI is InChI=1S/C12H20N4O3/c1-7(2)5-8(13)9(17)16-4-3-12(6-16)10(18)14-11(19)15-12/h7-8H,3-6,13H2,1-2H3,(H2,14,15,18,19). The lowest BCUT2D eigenvalue weighted by Gasteiger charge is -2.24. The van der Waals surface area contributed by atoms with E-state index in [2.05, 4.69) is 10.6 Å². The molecule has 0 aliphatic carbocycles. The van der Waals surface area contributed by atoms with Crippen LogP contribution in [0.4, 0.5) is 4.79 Å². The third-order valence-electron chi connectivity index (χ3n) is 3.64. The number of rotatable bonds is 3. The van der Waals surface area contributed by atoms with Gasteiger partial charge < -0.3 is 16.0 Å². The molecule has 0 aromatic carbocycles. The molecule has 0 aromatic rings. The average molecular weight is 268 g/mol. The summed E-state index contributed by atoms with van der Waals surface area (Å²) in [6.45, 7) is 4.65. The van der Waals surface area contributed by atoms with Gasteiger partial charge in [-0.25, -0.2) is 4.79 Å². The Morgan fingerprint density at radius 3 is 2.68 bits per heavy atom. The molecule has 2 saturated heterocycles. The molecule has 19 heavy (non-hydrogen) atoms. The van der Waals surface area contributed by atoms with Gasteiger partial charge in [-0.2, -0.15) is 0 Å². The Hall–Kier alpha value is -1.63. The highest BCUT2D eigenvalue weighted by molar-refractivity contribution is 6.07. The molecule has 2 aliphatic heterocycles. The molecular formula is C12H20N4O3. The van der Waals surface area contributed by atoms with Gasteiger partial charge in [0.1, 0.15) is 5.54 Å². The van der Waals surface area contributed by atoms with Gasteiger partial charge in [0.2, 0.25) is 5.91 Å². The lowest BCUT2D eigenvalue weighted by molar-refractivity contribution is -0.132. The van der Waals surface area contributed by atoms with E-state index in [1.807, 2.05) is 13.8 Å². The smallest absolute Gasteiger partial charge is 0.322 e. The first-order valence-electron chi connectivity index (χ1n) is 6.52. The normalized spacial score (nSPS) is 27.9. The van der Waals surface area contributed by atoms with Gasteiger partial charge in [-0.15, -0.1) is 0 Å². The zero-order valence-electron chi connectivity index (χ0n) is 11.2. The maximum Gasteiger partial charge on any atom is 0.322 e. The summed E-state index contributed by atoms with van der Waals surface area (Å²) >= 11 is 0. The van der Waals surface area contributed by atoms with Gasteiger partial charge in [0.05, 0.1) is 12.6 Å². The van der Waals surface area contributed by atoms with E-state index < -0.39 is 17.6 Å². The van der Waals surface area contributed by atoms with Crippen molar-refractivity contribution in [2.45, 2.75) is 38.3 Å². The molecule has 4 amide bonds. The van der Waals surface area contributed by atoms with Crippen LogP contribution in [0.15, 0.2) is 0 Å². The van der Waals surface area contributed by atoms with Gasteiger partial charge >= 0.3 is 6.03 Å². The van der Waals surface area contributed by atoms with Crippen molar-refractivity contribution in [2.75, 3.05) is 13.1 Å². The van der Waals surface area contributed by atoms with E-state index in [9.17, 15) is 14.4 Å². The first kappa shape index (κ1) is 13.8. The maximum absolute atomic E-state index is 12.2. The van der Waals surface area contributed by atoms with Gasteiger partial charge in [0.15, 0.2) is 0 Å². The molecule has 2 unspecified atom stereocenters. The highest BCUT2D eigenvalue weighted by atomic mass is 16.2. The SMILES string of the molecule is CC(C)CC(N)C(=O)N1CCC2(C1)NC(=O)NC2=O. The van der Waals surface area contributed by atoms with Gasteiger partial charge in [-0.3, -0.25) is 14.9 Å². The Bertz CT molecular complexity index is 423. The van der Waals surface area contributed by atoms with Crippen molar-refractivity contribution in [3.8, 4) is 0 Å². The molecule has 2 fully saturated rings. The van der Waals surface area contributed by atoms with Crippen LogP contribution in [0.3, 0.4) is 0 Å². The zero-order chi connectivity index (χ0) is 14.2. The van der Waals surface area contributed by atoms with E-state index in [4.69, 9.17) is 5.73 Å². The Morgan fingerprint density at radius 1 is 1.47 bits per heavy atom. The zero-order valence-corrected chi connectivity index (χ0v) is 11.2. The van der Waals surface area contributed by atoms with Gasteiger partial charge in [0.25, 0.3) is 5.91 Å². The summed E-state index contributed by atoms with van der Waals surface area (Å²) < 4.78 is 0. The number of urea groups is 1. The molecular weight excluding hydrogens is 248 g/mol. The summed E-state index contributed by atoms with van der Waals surface area (Å²) in [4.78, 5) is 36.7. The van der Waals surface area contributed by atoms with Crippen molar-refractivity contribution in [3.05, 3.63) is 0 Å². The van der Waals surface area contributed by atoms with E-state index >= 15 is 0 Å². The molecule has 1 spiro atoms. The van der Waals surface area contributed by atoms with Crippen LogP contribution in [-0.2, 0) is 9.59 Å². The number of carbonyl (C=O) groups is 3. The van der Waals surface area contributed by atoms with E-state index in [1.165, 1.54) is 0 Å². The molecule has 106 valence electrons. The second-order valence-corrected chi connectivity index (χ2v) is 5.74. The van der Waals surface area contributed by atoms with Crippen molar-refractivity contribution in [1.29, 1.82) is 0 Å². The van der Waals surface area contributed by atoms with Crippen LogP contribution < -0.4 is 16.4 Å². The van der Waals surface area contributed by atoms with Gasteiger partial charge in [-0.1, -0.05) is 13.8 Å². The molecule has 4 N–H and O–H groups in total. The first-order valence-corrected chi connectivity index (χ1v) is 6.52. The van der Waals surface area contributed by atoms with Crippen molar-refractivity contribution in [1.82, 2.24) is 15.5 Å². The third-order valence-corrected chi connectivity index (χ3v) is 3.64. The molecule has 0 bridgehead atoms. The number of carbonyl (C=O) groups excluding carboxylic acids is 3. The van der Waals surface area contributed by atoms with Crippen LogP contribution in [0.2, 0.25) is 0 Å². The van der Waals surface area contributed by atoms with Crippen LogP contribution in [-0.4, -0.2) is 47.4 Å². The lowest BCUT2D eigenvalue weighted by Crippen LogP contribution is -2.51. The molecule has 0 radical (unpaired) electrons. The van der Waals surface area contributed by atoms with Crippen molar-refractivity contribution in [3.63, 3.8) is 0 Å². The summed E-state index contributed by atoms with van der Waals surface area (Å²) in [5, 5.41) is 4.82. The number of nitrogens with two attached hydrogens (primary N) is 1. The summed E-state index contributed by atoms with van der Waals surface area (Å²) in [5.74, 6) is -0.172. The molecule has 2 aliphatic rings. The molecule has 7 nitrogen and oxygen atoms in total. The minimum absolute atomic E-state index is 0.153. The fourth-order valence-corrected chi connectivity index (χ4v) is 2.66. The van der Waals surface area contributed by atoms with Crippen LogP contribution in [0, 0.1) is 5.92 Å². The number of likely N-dealkylation sites (tertiary alicyclic amines) is 1. The lowest BCUT2D eigenvalue weighted by atomic mass is 9.99. The summed E-state index contributed by atoms with van der Waals surface area (Å²) in [7, 11) is 0. The largest absolute Gasteiger partial charge is 0.338 e. The van der Waals surface area contributed by atoms with Crippen molar-refractivity contribution in [2.24, 2.45) is 11.7 Å². The minimum Gasteiger partial charge on any atom is -0.338 e. The second kappa shape index (κ2) is 4.80. The molecule has 7 heteroatoms. The van der Waals surface area contributed by atoms with E-state index in [0.29, 0.717) is 25.3 Å². The first-order chi connectivity index (χ1) is 8.84. The minimum atomic E-state index is -0.954. The summed E-state index contributed by atoms with van der Waals surface area (Å²) in [6.07, 6.45) is 1.05. The molecule has 2 atom stereocenters. The predicted molar refractivity (Wildman–Crippen MR) is 68.0 cm³/mol. The van der Waals surface area contributed by atoms with Crippen LogP contribution in [0.1, 0.15) is 26.7 Å². The molecule has 0 aromatic heterocycles. The topological polar surface area (TPSA) is 105 Å². The Kier molecular flexibility index (Phi) is 3.49. The number of nitrogens with zero attached hydrogens (tertiary/aromatic N) is 1. The molecule has 0 saturated carbocycles. The number of hydrogen-bond donors (Lipinski definition) is 3. The Labute approximate surface area is 111 Å². The highest BCUT2D eigenvalue weighted by Gasteiger charge is 2.51. The van der Waals surface area contributed by atoms with Crippen LogP contribution >= 0.6 is 0 Å². The maximum atomic E-state index is 12.2. The number of amides is 4. The monoisotopic (exact) mass is 268 g/mol. The predicted octanol–water partition coefficient (Wildman–Crippen LogP) is -0.830. The van der Waals surface area contributed by atoms with E-state index in [0.717, 1.165) is 0 Å². The van der Waals surface area contributed by atoms with E-state index in [-0.39, 0.29) is 18.4 Å². The number of imide groups is 1. The van der Waals surface area contributed by atoms with Gasteiger partial charge in [0, 0.05) is 6.54 Å². The average Bonchev–Trinajstić information content (AvgIpc) is 2.83. The number of nitrogens with one attached hydrogen (secondary N) is 2.